The highest BCUT2D eigenvalue weighted by Crippen LogP contribution is 2.14. The van der Waals surface area contributed by atoms with Gasteiger partial charge in [0.2, 0.25) is 0 Å². The van der Waals surface area contributed by atoms with Crippen LogP contribution in [0.4, 0.5) is 4.79 Å². The quantitative estimate of drug-likeness (QED) is 0.799. The second-order valence-electron chi connectivity index (χ2n) is 6.82. The monoisotopic (exact) mass is 320 g/mol. The number of benzene rings is 1. The molecule has 1 aromatic carbocycles. The lowest BCUT2D eigenvalue weighted by molar-refractivity contribution is -0.117. The van der Waals surface area contributed by atoms with Crippen molar-refractivity contribution in [2.75, 3.05) is 19.6 Å². The molecule has 0 aromatic heterocycles. The third kappa shape index (κ3) is 7.28. The van der Waals surface area contributed by atoms with Crippen molar-refractivity contribution in [1.29, 1.82) is 0 Å². The molecule has 5 heteroatoms. The highest BCUT2D eigenvalue weighted by atomic mass is 16.4. The fourth-order valence-corrected chi connectivity index (χ4v) is 2.39. The standard InChI is InChI=1S/C18H28N2O3/c1-15(21)10-11-19(14-16-8-6-5-7-9-16)12-13-20(17(22)23)18(2,3)4/h5-9H,10-14H2,1-4H3,(H,22,23). The fourth-order valence-electron chi connectivity index (χ4n) is 2.39. The van der Waals surface area contributed by atoms with Gasteiger partial charge in [0.05, 0.1) is 0 Å². The molecule has 1 amide bonds. The van der Waals surface area contributed by atoms with Crippen LogP contribution < -0.4 is 0 Å². The van der Waals surface area contributed by atoms with Crippen LogP contribution in [0.25, 0.3) is 0 Å². The Hall–Kier alpha value is -1.88. The van der Waals surface area contributed by atoms with Crippen LogP contribution in [0.2, 0.25) is 0 Å². The van der Waals surface area contributed by atoms with Crippen molar-refractivity contribution < 1.29 is 14.7 Å². The Bertz CT molecular complexity index is 509. The molecule has 0 aliphatic carbocycles. The molecule has 0 unspecified atom stereocenters. The molecule has 1 aromatic rings. The van der Waals surface area contributed by atoms with E-state index >= 15 is 0 Å². The van der Waals surface area contributed by atoms with Crippen LogP contribution in [-0.4, -0.2) is 52.0 Å². The number of amides is 1. The van der Waals surface area contributed by atoms with Gasteiger partial charge >= 0.3 is 6.09 Å². The summed E-state index contributed by atoms with van der Waals surface area (Å²) < 4.78 is 0. The van der Waals surface area contributed by atoms with Crippen LogP contribution in [-0.2, 0) is 11.3 Å². The van der Waals surface area contributed by atoms with E-state index in [4.69, 9.17) is 0 Å². The van der Waals surface area contributed by atoms with Gasteiger partial charge in [0.1, 0.15) is 5.78 Å². The molecule has 0 saturated heterocycles. The average molecular weight is 320 g/mol. The van der Waals surface area contributed by atoms with Crippen molar-refractivity contribution >= 4 is 11.9 Å². The van der Waals surface area contributed by atoms with Gasteiger partial charge in [-0.05, 0) is 33.3 Å². The Morgan fingerprint density at radius 2 is 1.65 bits per heavy atom. The van der Waals surface area contributed by atoms with Gasteiger partial charge in [-0.15, -0.1) is 0 Å². The topological polar surface area (TPSA) is 60.9 Å². The lowest BCUT2D eigenvalue weighted by atomic mass is 10.1. The SMILES string of the molecule is CC(=O)CCN(CCN(C(=O)O)C(C)(C)C)Cc1ccccc1. The summed E-state index contributed by atoms with van der Waals surface area (Å²) in [5.74, 6) is 0.147. The van der Waals surface area contributed by atoms with Crippen molar-refractivity contribution in [3.8, 4) is 0 Å². The molecule has 0 fully saturated rings. The number of Topliss-reactive ketones (excluding diaryl/α,β-unsaturated/α-hetero) is 1. The third-order valence-corrected chi connectivity index (χ3v) is 3.71. The lowest BCUT2D eigenvalue weighted by Crippen LogP contribution is -2.48. The zero-order chi connectivity index (χ0) is 17.5. The maximum absolute atomic E-state index is 11.4. The molecule has 0 spiro atoms. The van der Waals surface area contributed by atoms with Gasteiger partial charge in [-0.1, -0.05) is 30.3 Å². The number of carboxylic acid groups (broad SMARTS) is 1. The molecule has 0 radical (unpaired) electrons. The summed E-state index contributed by atoms with van der Waals surface area (Å²) in [4.78, 5) is 26.3. The highest BCUT2D eigenvalue weighted by molar-refractivity contribution is 5.75. The van der Waals surface area contributed by atoms with Crippen molar-refractivity contribution in [1.82, 2.24) is 9.80 Å². The largest absolute Gasteiger partial charge is 0.465 e. The normalized spacial score (nSPS) is 11.5. The number of hydrogen-bond donors (Lipinski definition) is 1. The van der Waals surface area contributed by atoms with Crippen LogP contribution in [0.15, 0.2) is 30.3 Å². The third-order valence-electron chi connectivity index (χ3n) is 3.71. The molecule has 0 atom stereocenters. The van der Waals surface area contributed by atoms with Crippen molar-refractivity contribution in [2.45, 2.75) is 46.2 Å². The minimum absolute atomic E-state index is 0.147. The van der Waals surface area contributed by atoms with Crippen molar-refractivity contribution in [2.24, 2.45) is 0 Å². The summed E-state index contributed by atoms with van der Waals surface area (Å²) in [5.41, 5.74) is 0.721. The van der Waals surface area contributed by atoms with Crippen LogP contribution in [0, 0.1) is 0 Å². The summed E-state index contributed by atoms with van der Waals surface area (Å²) in [6, 6.07) is 10.0. The van der Waals surface area contributed by atoms with Gasteiger partial charge in [-0.2, -0.15) is 0 Å². The zero-order valence-corrected chi connectivity index (χ0v) is 14.6. The highest BCUT2D eigenvalue weighted by Gasteiger charge is 2.26. The molecule has 0 bridgehead atoms. The van der Waals surface area contributed by atoms with Gasteiger partial charge in [0, 0.05) is 38.1 Å². The maximum Gasteiger partial charge on any atom is 0.407 e. The minimum Gasteiger partial charge on any atom is -0.465 e. The molecule has 5 nitrogen and oxygen atoms in total. The molecular weight excluding hydrogens is 292 g/mol. The summed E-state index contributed by atoms with van der Waals surface area (Å²) in [6.07, 6.45) is -0.432. The van der Waals surface area contributed by atoms with E-state index < -0.39 is 11.6 Å². The second-order valence-corrected chi connectivity index (χ2v) is 6.82. The molecule has 0 saturated carbocycles. The van der Waals surface area contributed by atoms with E-state index in [1.807, 2.05) is 51.1 Å². The zero-order valence-electron chi connectivity index (χ0n) is 14.6. The predicted molar refractivity (Wildman–Crippen MR) is 91.5 cm³/mol. The molecule has 1 rings (SSSR count). The number of carbonyl (C=O) groups is 2. The summed E-state index contributed by atoms with van der Waals surface area (Å²) >= 11 is 0. The van der Waals surface area contributed by atoms with Gasteiger partial charge in [-0.25, -0.2) is 4.79 Å². The van der Waals surface area contributed by atoms with E-state index in [9.17, 15) is 14.7 Å². The van der Waals surface area contributed by atoms with Gasteiger partial charge < -0.3 is 10.0 Å². The number of hydrogen-bond acceptors (Lipinski definition) is 3. The summed E-state index contributed by atoms with van der Waals surface area (Å²) in [6.45, 7) is 9.62. The lowest BCUT2D eigenvalue weighted by Gasteiger charge is -2.35. The number of carbonyl (C=O) groups excluding carboxylic acids is 1. The average Bonchev–Trinajstić information content (AvgIpc) is 2.43. The second kappa shape index (κ2) is 8.67. The van der Waals surface area contributed by atoms with E-state index in [-0.39, 0.29) is 5.78 Å². The number of ketones is 1. The van der Waals surface area contributed by atoms with Crippen LogP contribution >= 0.6 is 0 Å². The minimum atomic E-state index is -0.913. The summed E-state index contributed by atoms with van der Waals surface area (Å²) in [5, 5.41) is 9.38. The van der Waals surface area contributed by atoms with E-state index in [1.165, 1.54) is 4.90 Å². The van der Waals surface area contributed by atoms with Gasteiger partial charge in [0.15, 0.2) is 0 Å². The predicted octanol–water partition coefficient (Wildman–Crippen LogP) is 3.25. The molecule has 0 aliphatic heterocycles. The molecule has 1 N–H and O–H groups in total. The van der Waals surface area contributed by atoms with Crippen LogP contribution in [0.3, 0.4) is 0 Å². The van der Waals surface area contributed by atoms with Gasteiger partial charge in [-0.3, -0.25) is 9.69 Å². The molecule has 0 heterocycles. The Balaban J connectivity index is 2.71. The van der Waals surface area contributed by atoms with Gasteiger partial charge in [0.25, 0.3) is 0 Å². The molecule has 0 aliphatic rings. The van der Waals surface area contributed by atoms with E-state index in [2.05, 4.69) is 4.90 Å². The number of rotatable bonds is 8. The Morgan fingerprint density at radius 1 is 1.04 bits per heavy atom. The van der Waals surface area contributed by atoms with Crippen molar-refractivity contribution in [3.05, 3.63) is 35.9 Å². The smallest absolute Gasteiger partial charge is 0.407 e. The molecular formula is C18H28N2O3. The Kier molecular flexibility index (Phi) is 7.23. The number of nitrogens with zero attached hydrogens (tertiary/aromatic N) is 2. The first kappa shape index (κ1) is 19.2. The molecule has 128 valence electrons. The maximum atomic E-state index is 11.4. The molecule has 23 heavy (non-hydrogen) atoms. The Labute approximate surface area is 138 Å². The van der Waals surface area contributed by atoms with Crippen LogP contribution in [0.5, 0.6) is 0 Å². The van der Waals surface area contributed by atoms with E-state index in [0.717, 1.165) is 5.56 Å². The first-order valence-electron chi connectivity index (χ1n) is 7.96. The fraction of sp³-hybridized carbons (Fsp3) is 0.556. The Morgan fingerprint density at radius 3 is 2.13 bits per heavy atom. The van der Waals surface area contributed by atoms with Crippen LogP contribution in [0.1, 0.15) is 39.7 Å². The summed E-state index contributed by atoms with van der Waals surface area (Å²) in [7, 11) is 0. The van der Waals surface area contributed by atoms with E-state index in [0.29, 0.717) is 32.6 Å². The van der Waals surface area contributed by atoms with E-state index in [1.54, 1.807) is 6.92 Å². The van der Waals surface area contributed by atoms with Crippen molar-refractivity contribution in [3.63, 3.8) is 0 Å². The first-order valence-corrected chi connectivity index (χ1v) is 7.96. The first-order chi connectivity index (χ1) is 10.7.